The van der Waals surface area contributed by atoms with E-state index in [1.807, 2.05) is 0 Å². The van der Waals surface area contributed by atoms with E-state index >= 15 is 4.39 Å². The third-order valence-electron chi connectivity index (χ3n) is 6.51. The highest BCUT2D eigenvalue weighted by molar-refractivity contribution is 7.89. The SMILES string of the molecule is CC(=O)Cc1ccc(S(=O)(=O)N2CCN(c3ccc(N4C[C@H](CCC(=O)C(F)F)OC4=O)cc3F)CCO2)cc1. The largest absolute Gasteiger partial charge is 0.444 e. The van der Waals surface area contributed by atoms with Gasteiger partial charge in [-0.3, -0.25) is 19.3 Å². The predicted octanol–water partition coefficient (Wildman–Crippen LogP) is 3.34. The van der Waals surface area contributed by atoms with Crippen molar-refractivity contribution in [1.82, 2.24) is 4.47 Å². The molecule has 1 atom stereocenters. The second kappa shape index (κ2) is 12.4. The molecule has 2 aromatic carbocycles. The van der Waals surface area contributed by atoms with Crippen LogP contribution in [0.1, 0.15) is 25.3 Å². The van der Waals surface area contributed by atoms with Crippen molar-refractivity contribution >= 4 is 39.1 Å². The second-order valence-corrected chi connectivity index (χ2v) is 11.3. The molecule has 2 aliphatic rings. The summed E-state index contributed by atoms with van der Waals surface area (Å²) >= 11 is 0. The van der Waals surface area contributed by atoms with E-state index in [0.717, 1.165) is 15.4 Å². The van der Waals surface area contributed by atoms with Crippen LogP contribution in [0.3, 0.4) is 0 Å². The predicted molar refractivity (Wildman–Crippen MR) is 137 cm³/mol. The number of halogens is 3. The van der Waals surface area contributed by atoms with Crippen molar-refractivity contribution in [2.24, 2.45) is 0 Å². The normalized spacial score (nSPS) is 18.6. The van der Waals surface area contributed by atoms with Crippen LogP contribution >= 0.6 is 0 Å². The molecule has 1 amide bonds. The Balaban J connectivity index is 1.39. The molecule has 14 heteroatoms. The van der Waals surface area contributed by atoms with E-state index in [1.165, 1.54) is 31.2 Å². The lowest BCUT2D eigenvalue weighted by molar-refractivity contribution is -0.130. The smallest absolute Gasteiger partial charge is 0.414 e. The highest BCUT2D eigenvalue weighted by Gasteiger charge is 2.34. The molecule has 2 heterocycles. The van der Waals surface area contributed by atoms with Crippen LogP contribution in [-0.4, -0.2) is 75.9 Å². The number of sulfonamides is 1. The lowest BCUT2D eigenvalue weighted by Gasteiger charge is -2.24. The molecule has 0 aliphatic carbocycles. The first kappa shape index (κ1) is 29.5. The van der Waals surface area contributed by atoms with Crippen LogP contribution in [-0.2, 0) is 35.6 Å². The van der Waals surface area contributed by atoms with Gasteiger partial charge in [-0.25, -0.2) is 26.4 Å². The maximum absolute atomic E-state index is 15.2. The minimum absolute atomic E-state index is 0.00170. The molecule has 10 nitrogen and oxygen atoms in total. The van der Waals surface area contributed by atoms with Gasteiger partial charge in [0.05, 0.1) is 36.0 Å². The summed E-state index contributed by atoms with van der Waals surface area (Å²) in [5, 5.41) is 0. The van der Waals surface area contributed by atoms with Gasteiger partial charge in [0.1, 0.15) is 17.7 Å². The van der Waals surface area contributed by atoms with E-state index in [0.29, 0.717) is 5.56 Å². The van der Waals surface area contributed by atoms with Gasteiger partial charge in [-0.15, -0.1) is 0 Å². The molecule has 2 saturated heterocycles. The number of cyclic esters (lactones) is 1. The number of rotatable bonds is 10. The number of hydrogen-bond donors (Lipinski definition) is 0. The summed E-state index contributed by atoms with van der Waals surface area (Å²) in [5.41, 5.74) is 1.05. The molecule has 0 radical (unpaired) electrons. The molecular formula is C26H28F3N3O7S. The van der Waals surface area contributed by atoms with Crippen LogP contribution < -0.4 is 9.80 Å². The Morgan fingerprint density at radius 3 is 2.45 bits per heavy atom. The highest BCUT2D eigenvalue weighted by Crippen LogP contribution is 2.30. The number of carbonyl (C=O) groups excluding carboxylic acids is 3. The number of ketones is 2. The zero-order chi connectivity index (χ0) is 29.0. The molecule has 40 heavy (non-hydrogen) atoms. The Hall–Kier alpha value is -3.49. The minimum Gasteiger partial charge on any atom is -0.444 e. The average molecular weight is 584 g/mol. The van der Waals surface area contributed by atoms with Crippen molar-refractivity contribution in [3.05, 3.63) is 53.8 Å². The van der Waals surface area contributed by atoms with Crippen LogP contribution in [0, 0.1) is 5.82 Å². The molecule has 2 aliphatic heterocycles. The summed E-state index contributed by atoms with van der Waals surface area (Å²) < 4.78 is 72.2. The molecular weight excluding hydrogens is 555 g/mol. The standard InChI is InChI=1S/C26H28F3N3O7S/c1-17(33)14-18-2-6-21(7-3-18)40(36,37)32-11-10-30(12-13-38-32)23-8-4-19(15-22(23)27)31-16-20(39-26(31)35)5-9-24(34)25(28)29/h2-4,6-8,15,20,25H,5,9-14,16H2,1H3/t20-/m0/s1. The lowest BCUT2D eigenvalue weighted by atomic mass is 10.1. The first-order valence-electron chi connectivity index (χ1n) is 12.5. The van der Waals surface area contributed by atoms with Gasteiger partial charge >= 0.3 is 6.09 Å². The topological polar surface area (TPSA) is 114 Å². The fourth-order valence-corrected chi connectivity index (χ4v) is 5.71. The molecule has 4 rings (SSSR count). The van der Waals surface area contributed by atoms with Crippen molar-refractivity contribution in [3.63, 3.8) is 0 Å². The highest BCUT2D eigenvalue weighted by atomic mass is 32.2. The van der Waals surface area contributed by atoms with Gasteiger partial charge in [-0.1, -0.05) is 16.6 Å². The number of alkyl halides is 2. The number of nitrogens with zero attached hydrogens (tertiary/aromatic N) is 3. The molecule has 2 aromatic rings. The van der Waals surface area contributed by atoms with Gasteiger partial charge in [-0.2, -0.15) is 0 Å². The Morgan fingerprint density at radius 1 is 1.07 bits per heavy atom. The molecule has 0 bridgehead atoms. The van der Waals surface area contributed by atoms with Crippen molar-refractivity contribution in [2.75, 3.05) is 42.6 Å². The van der Waals surface area contributed by atoms with Gasteiger partial charge in [-0.05, 0) is 49.2 Å². The van der Waals surface area contributed by atoms with Crippen LogP contribution in [0.25, 0.3) is 0 Å². The number of ether oxygens (including phenoxy) is 1. The van der Waals surface area contributed by atoms with Crippen molar-refractivity contribution in [2.45, 2.75) is 43.6 Å². The summed E-state index contributed by atoms with van der Waals surface area (Å²) in [6.07, 6.45) is -4.95. The van der Waals surface area contributed by atoms with Gasteiger partial charge in [0.25, 0.3) is 16.4 Å². The quantitative estimate of drug-likeness (QED) is 0.419. The summed E-state index contributed by atoms with van der Waals surface area (Å²) in [7, 11) is -4.01. The number of hydroxylamine groups is 1. The lowest BCUT2D eigenvalue weighted by Crippen LogP contribution is -2.34. The van der Waals surface area contributed by atoms with E-state index in [-0.39, 0.29) is 67.7 Å². The first-order chi connectivity index (χ1) is 19.0. The van der Waals surface area contributed by atoms with Gasteiger partial charge in [0.2, 0.25) is 0 Å². The molecule has 2 fully saturated rings. The Morgan fingerprint density at radius 2 is 1.80 bits per heavy atom. The van der Waals surface area contributed by atoms with Crippen molar-refractivity contribution < 1.29 is 45.5 Å². The number of hydrogen-bond acceptors (Lipinski definition) is 8. The maximum atomic E-state index is 15.2. The fourth-order valence-electron chi connectivity index (χ4n) is 4.46. The summed E-state index contributed by atoms with van der Waals surface area (Å²) in [5.74, 6) is -1.95. The number of Topliss-reactive ketones (excluding diaryl/α,β-unsaturated/α-hetero) is 2. The van der Waals surface area contributed by atoms with Gasteiger partial charge in [0, 0.05) is 25.9 Å². The molecule has 0 saturated carbocycles. The third-order valence-corrected chi connectivity index (χ3v) is 8.20. The number of benzene rings is 2. The summed E-state index contributed by atoms with van der Waals surface area (Å²) in [4.78, 5) is 43.0. The van der Waals surface area contributed by atoms with Gasteiger partial charge in [0.15, 0.2) is 5.78 Å². The second-order valence-electron chi connectivity index (χ2n) is 9.43. The Bertz CT molecular complexity index is 1370. The average Bonchev–Trinajstić information content (AvgIpc) is 3.10. The molecule has 0 unspecified atom stereocenters. The van der Waals surface area contributed by atoms with Crippen molar-refractivity contribution in [1.29, 1.82) is 0 Å². The van der Waals surface area contributed by atoms with Gasteiger partial charge < -0.3 is 9.64 Å². The van der Waals surface area contributed by atoms with Crippen LogP contribution in [0.2, 0.25) is 0 Å². The van der Waals surface area contributed by atoms with E-state index in [4.69, 9.17) is 9.57 Å². The molecule has 0 spiro atoms. The zero-order valence-electron chi connectivity index (χ0n) is 21.6. The summed E-state index contributed by atoms with van der Waals surface area (Å²) in [6, 6.07) is 10.0. The first-order valence-corrected chi connectivity index (χ1v) is 14.0. The number of carbonyl (C=O) groups is 3. The van der Waals surface area contributed by atoms with E-state index in [1.54, 1.807) is 17.0 Å². The zero-order valence-corrected chi connectivity index (χ0v) is 22.4. The molecule has 0 aromatic heterocycles. The van der Waals surface area contributed by atoms with Crippen LogP contribution in [0.4, 0.5) is 29.3 Å². The third kappa shape index (κ3) is 6.80. The number of amides is 1. The Kier molecular flexibility index (Phi) is 9.11. The maximum Gasteiger partial charge on any atom is 0.414 e. The molecule has 0 N–H and O–H groups in total. The van der Waals surface area contributed by atoms with Crippen LogP contribution in [0.5, 0.6) is 0 Å². The van der Waals surface area contributed by atoms with Crippen molar-refractivity contribution in [3.8, 4) is 0 Å². The monoisotopic (exact) mass is 583 g/mol. The van der Waals surface area contributed by atoms with E-state index in [2.05, 4.69) is 0 Å². The molecule has 216 valence electrons. The van der Waals surface area contributed by atoms with E-state index in [9.17, 15) is 31.6 Å². The summed E-state index contributed by atoms with van der Waals surface area (Å²) in [6.45, 7) is 1.60. The number of anilines is 2. The minimum atomic E-state index is -4.01. The fraction of sp³-hybridized carbons (Fsp3) is 0.423. The van der Waals surface area contributed by atoms with Crippen LogP contribution in [0.15, 0.2) is 47.4 Å². The Labute approximate surface area is 229 Å². The van der Waals surface area contributed by atoms with E-state index < -0.39 is 46.7 Å².